The minimum Gasteiger partial charge on any atom is -0.480 e. The van der Waals surface area contributed by atoms with Crippen LogP contribution in [0.15, 0.2) is 36.4 Å². The lowest BCUT2D eigenvalue weighted by molar-refractivity contribution is -0.138. The second-order valence-electron chi connectivity index (χ2n) is 3.64. The predicted molar refractivity (Wildman–Crippen MR) is 75.6 cm³/mol. The van der Waals surface area contributed by atoms with Gasteiger partial charge >= 0.3 is 5.97 Å². The number of rotatable bonds is 3. The maximum Gasteiger partial charge on any atom is 0.320 e. The largest absolute Gasteiger partial charge is 0.480 e. The molecule has 0 aliphatic heterocycles. The van der Waals surface area contributed by atoms with E-state index in [1.54, 1.807) is 0 Å². The fourth-order valence-electron chi connectivity index (χ4n) is 1.53. The Bertz CT molecular complexity index is 534. The maximum absolute atomic E-state index is 10.6. The van der Waals surface area contributed by atoms with Crippen LogP contribution in [0.4, 0.5) is 0 Å². The number of carboxylic acids is 1. The fourth-order valence-corrected chi connectivity index (χ4v) is 1.53. The molecule has 0 spiro atoms. The summed E-state index contributed by atoms with van der Waals surface area (Å²) >= 11 is 0. The average molecular weight is 289 g/mol. The number of nitrogens with two attached hydrogens (primary N) is 1. The van der Waals surface area contributed by atoms with Gasteiger partial charge in [0.2, 0.25) is 0 Å². The number of halogens is 2. The second kappa shape index (κ2) is 7.16. The van der Waals surface area contributed by atoms with Gasteiger partial charge in [-0.3, -0.25) is 9.78 Å². The van der Waals surface area contributed by atoms with Gasteiger partial charge in [0, 0.05) is 17.5 Å². The number of nitrogens with zero attached hydrogens (tertiary/aromatic N) is 1. The number of hydrogen-bond acceptors (Lipinski definition) is 3. The van der Waals surface area contributed by atoms with E-state index < -0.39 is 12.0 Å². The molecular formula is C12H14Cl2N2O2. The van der Waals surface area contributed by atoms with Gasteiger partial charge in [-0.05, 0) is 12.1 Å². The van der Waals surface area contributed by atoms with E-state index in [9.17, 15) is 4.79 Å². The first kappa shape index (κ1) is 16.6. The Balaban J connectivity index is 0.00000144. The lowest BCUT2D eigenvalue weighted by atomic mass is 10.1. The molecule has 0 fully saturated rings. The van der Waals surface area contributed by atoms with Crippen molar-refractivity contribution in [3.05, 3.63) is 42.1 Å². The Labute approximate surface area is 117 Å². The van der Waals surface area contributed by atoms with Crippen molar-refractivity contribution in [3.63, 3.8) is 0 Å². The van der Waals surface area contributed by atoms with Gasteiger partial charge in [0.05, 0.1) is 5.52 Å². The summed E-state index contributed by atoms with van der Waals surface area (Å²) in [5, 5.41) is 9.74. The molecule has 1 aromatic carbocycles. The zero-order valence-electron chi connectivity index (χ0n) is 9.45. The molecule has 0 aliphatic carbocycles. The van der Waals surface area contributed by atoms with Crippen molar-refractivity contribution in [3.8, 4) is 0 Å². The molecule has 2 rings (SSSR count). The molecule has 1 heterocycles. The number of fused-ring (bicyclic) bond motifs is 1. The topological polar surface area (TPSA) is 76.2 Å². The van der Waals surface area contributed by atoms with Crippen LogP contribution in [-0.4, -0.2) is 22.1 Å². The molecular weight excluding hydrogens is 275 g/mol. The summed E-state index contributed by atoms with van der Waals surface area (Å²) in [5.41, 5.74) is 7.01. The van der Waals surface area contributed by atoms with E-state index in [2.05, 4.69) is 4.98 Å². The predicted octanol–water partition coefficient (Wildman–Crippen LogP) is 2.03. The molecule has 18 heavy (non-hydrogen) atoms. The first-order valence-electron chi connectivity index (χ1n) is 5.00. The normalized spacial score (nSPS) is 11.2. The Morgan fingerprint density at radius 1 is 1.22 bits per heavy atom. The van der Waals surface area contributed by atoms with Crippen LogP contribution in [-0.2, 0) is 11.2 Å². The lowest BCUT2D eigenvalue weighted by Crippen LogP contribution is -2.32. The molecule has 0 saturated heterocycles. The molecule has 0 radical (unpaired) electrons. The molecule has 1 unspecified atom stereocenters. The second-order valence-corrected chi connectivity index (χ2v) is 3.64. The van der Waals surface area contributed by atoms with Crippen molar-refractivity contribution in [2.24, 2.45) is 5.73 Å². The number of carboxylic acid groups (broad SMARTS) is 1. The number of aliphatic carboxylic acids is 1. The van der Waals surface area contributed by atoms with E-state index in [1.807, 2.05) is 36.4 Å². The highest BCUT2D eigenvalue weighted by atomic mass is 35.5. The summed E-state index contributed by atoms with van der Waals surface area (Å²) < 4.78 is 0. The van der Waals surface area contributed by atoms with Crippen LogP contribution in [0.5, 0.6) is 0 Å². The van der Waals surface area contributed by atoms with Gasteiger partial charge in [0.15, 0.2) is 0 Å². The van der Waals surface area contributed by atoms with Gasteiger partial charge in [-0.2, -0.15) is 0 Å². The zero-order chi connectivity index (χ0) is 11.5. The molecule has 0 aliphatic rings. The van der Waals surface area contributed by atoms with Gasteiger partial charge in [-0.15, -0.1) is 24.8 Å². The van der Waals surface area contributed by atoms with Crippen molar-refractivity contribution >= 4 is 41.7 Å². The lowest BCUT2D eigenvalue weighted by Gasteiger charge is -2.06. The first-order valence-corrected chi connectivity index (χ1v) is 5.00. The smallest absolute Gasteiger partial charge is 0.320 e. The third-order valence-corrected chi connectivity index (χ3v) is 2.40. The van der Waals surface area contributed by atoms with E-state index in [-0.39, 0.29) is 31.2 Å². The molecule has 98 valence electrons. The summed E-state index contributed by atoms with van der Waals surface area (Å²) in [7, 11) is 0. The summed E-state index contributed by atoms with van der Waals surface area (Å²) in [4.78, 5) is 15.0. The third-order valence-electron chi connectivity index (χ3n) is 2.40. The van der Waals surface area contributed by atoms with Crippen molar-refractivity contribution < 1.29 is 9.90 Å². The van der Waals surface area contributed by atoms with E-state index in [1.165, 1.54) is 0 Å². The van der Waals surface area contributed by atoms with E-state index in [0.29, 0.717) is 5.69 Å². The highest BCUT2D eigenvalue weighted by Crippen LogP contribution is 2.12. The van der Waals surface area contributed by atoms with Crippen LogP contribution < -0.4 is 5.73 Å². The minimum absolute atomic E-state index is 0. The van der Waals surface area contributed by atoms with Gasteiger partial charge in [-0.25, -0.2) is 0 Å². The summed E-state index contributed by atoms with van der Waals surface area (Å²) in [6.45, 7) is 0. The highest BCUT2D eigenvalue weighted by molar-refractivity contribution is 5.85. The number of carbonyl (C=O) groups is 1. The maximum atomic E-state index is 10.6. The van der Waals surface area contributed by atoms with Crippen LogP contribution in [0.1, 0.15) is 5.69 Å². The molecule has 0 bridgehead atoms. The molecule has 2 aromatic rings. The molecule has 6 heteroatoms. The third kappa shape index (κ3) is 3.84. The molecule has 1 atom stereocenters. The Hall–Kier alpha value is -1.36. The number of hydrogen-bond donors (Lipinski definition) is 2. The quantitative estimate of drug-likeness (QED) is 0.906. The minimum atomic E-state index is -1.00. The number of para-hydroxylation sites is 1. The SMILES string of the molecule is Cl.Cl.NC(Cc1ccc2ccccc2n1)C(=O)O. The van der Waals surface area contributed by atoms with E-state index >= 15 is 0 Å². The summed E-state index contributed by atoms with van der Waals surface area (Å²) in [5.74, 6) is -1.00. The van der Waals surface area contributed by atoms with E-state index in [4.69, 9.17) is 10.8 Å². The van der Waals surface area contributed by atoms with Crippen molar-refractivity contribution in [1.82, 2.24) is 4.98 Å². The van der Waals surface area contributed by atoms with Crippen LogP contribution in [0.3, 0.4) is 0 Å². The number of pyridine rings is 1. The molecule has 4 nitrogen and oxygen atoms in total. The average Bonchev–Trinajstić information content (AvgIpc) is 2.28. The van der Waals surface area contributed by atoms with Crippen LogP contribution in [0.25, 0.3) is 10.9 Å². The zero-order valence-corrected chi connectivity index (χ0v) is 11.1. The molecule has 0 amide bonds. The van der Waals surface area contributed by atoms with Crippen LogP contribution in [0, 0.1) is 0 Å². The Kier molecular flexibility index (Phi) is 6.62. The number of benzene rings is 1. The standard InChI is InChI=1S/C12H12N2O2.2ClH/c13-10(12(15)16)7-9-6-5-8-3-1-2-4-11(8)14-9;;/h1-6,10H,7,13H2,(H,15,16);2*1H. The molecule has 1 aromatic heterocycles. The number of aromatic nitrogens is 1. The highest BCUT2D eigenvalue weighted by Gasteiger charge is 2.12. The van der Waals surface area contributed by atoms with Gasteiger partial charge in [0.25, 0.3) is 0 Å². The molecule has 3 N–H and O–H groups in total. The van der Waals surface area contributed by atoms with Gasteiger partial charge in [0.1, 0.15) is 6.04 Å². The van der Waals surface area contributed by atoms with E-state index in [0.717, 1.165) is 10.9 Å². The summed E-state index contributed by atoms with van der Waals surface area (Å²) in [6, 6.07) is 10.5. The van der Waals surface area contributed by atoms with Crippen molar-refractivity contribution in [1.29, 1.82) is 0 Å². The fraction of sp³-hybridized carbons (Fsp3) is 0.167. The molecule has 0 saturated carbocycles. The van der Waals surface area contributed by atoms with Crippen molar-refractivity contribution in [2.75, 3.05) is 0 Å². The van der Waals surface area contributed by atoms with Crippen LogP contribution >= 0.6 is 24.8 Å². The Morgan fingerprint density at radius 2 is 1.89 bits per heavy atom. The van der Waals surface area contributed by atoms with Crippen molar-refractivity contribution in [2.45, 2.75) is 12.5 Å². The Morgan fingerprint density at radius 3 is 2.56 bits per heavy atom. The first-order chi connectivity index (χ1) is 7.66. The van der Waals surface area contributed by atoms with Crippen LogP contribution in [0.2, 0.25) is 0 Å². The van der Waals surface area contributed by atoms with Gasteiger partial charge in [-0.1, -0.05) is 24.3 Å². The summed E-state index contributed by atoms with van der Waals surface area (Å²) in [6.07, 6.45) is 0.250. The monoisotopic (exact) mass is 288 g/mol. The van der Waals surface area contributed by atoms with Gasteiger partial charge < -0.3 is 10.8 Å².